The van der Waals surface area contributed by atoms with Gasteiger partial charge < -0.3 is 0 Å². The molecule has 0 spiro atoms. The average molecular weight is 56.1 g/mol. The molecule has 0 amide bonds. The minimum Gasteiger partial charge on any atom is -0.115 e. The van der Waals surface area contributed by atoms with Crippen molar-refractivity contribution in [2.75, 3.05) is 0 Å². The molecule has 0 bridgehead atoms. The van der Waals surface area contributed by atoms with Crippen LogP contribution in [0.5, 0.6) is 0 Å². The molecule has 0 heterocycles. The molecule has 0 aromatic carbocycles. The molecule has 0 saturated heterocycles. The number of hydrogen-bond donors (Lipinski definition) is 0. The zero-order chi connectivity index (χ0) is 6.57. The fourth-order valence-electron chi connectivity index (χ4n) is 0. The molecule has 0 fully saturated rings. The number of terminal acetylenes is 1. The summed E-state index contributed by atoms with van der Waals surface area (Å²) in [5.41, 5.74) is 0. The Morgan fingerprint density at radius 1 is 3.00 bits per heavy atom. The molecular formula is C4H4. The number of hydrogen-bond acceptors (Lipinski definition) is 0. The van der Waals surface area contributed by atoms with Gasteiger partial charge in [0, 0.05) is 0 Å². The first-order chi connectivity index (χ1) is 3.68. The fourth-order valence-corrected chi connectivity index (χ4v) is 0. The molecule has 0 aliphatic heterocycles. The van der Waals surface area contributed by atoms with Gasteiger partial charge in [-0.2, -0.15) is 0 Å². The molecule has 0 N–H and O–H groups in total. The van der Waals surface area contributed by atoms with Gasteiger partial charge >= 0.3 is 0 Å². The monoisotopic (exact) mass is 56.1 g/mol. The summed E-state index contributed by atoms with van der Waals surface area (Å²) in [7, 11) is 0. The first-order valence-corrected chi connectivity index (χ1v) is 0.750. The highest BCUT2D eigenvalue weighted by molar-refractivity contribution is 5.03. The van der Waals surface area contributed by atoms with Crippen LogP contribution >= 0.6 is 0 Å². The first-order valence-electron chi connectivity index (χ1n) is 2.75. The molecular weight excluding hydrogens is 48.0 g/mol. The van der Waals surface area contributed by atoms with Crippen LogP contribution in [0, 0.1) is 12.3 Å². The Kier molecular flexibility index (Phi) is 0.253. The summed E-state index contributed by atoms with van der Waals surface area (Å²) in [6, 6.07) is -0.417. The van der Waals surface area contributed by atoms with E-state index >= 15 is 0 Å². The Morgan fingerprint density at radius 2 is 4.00 bits per heavy atom. The molecule has 0 saturated carbocycles. The molecule has 0 unspecified atom stereocenters. The number of allylic oxidation sites excluding steroid dienone is 1. The summed E-state index contributed by atoms with van der Waals surface area (Å²) in [6.45, 7) is -0.648. The third kappa shape index (κ3) is 1.30. The van der Waals surface area contributed by atoms with Crippen LogP contribution in [0.1, 0.15) is 5.48 Å². The van der Waals surface area contributed by atoms with Crippen LogP contribution in [0.4, 0.5) is 0 Å². The van der Waals surface area contributed by atoms with E-state index in [1.807, 2.05) is 5.92 Å². The molecule has 0 radical (unpaired) electrons. The summed E-state index contributed by atoms with van der Waals surface area (Å²) >= 11 is 0. The van der Waals surface area contributed by atoms with Crippen molar-refractivity contribution in [1.82, 2.24) is 0 Å². The van der Waals surface area contributed by atoms with E-state index in [0.29, 0.717) is 0 Å². The van der Waals surface area contributed by atoms with E-state index in [9.17, 15) is 0 Å². The summed E-state index contributed by atoms with van der Waals surface area (Å²) in [6.07, 6.45) is 1.66. The van der Waals surface area contributed by atoms with Crippen LogP contribution < -0.4 is 0 Å². The van der Waals surface area contributed by atoms with E-state index in [2.05, 4.69) is 0 Å². The zero-order valence-electron chi connectivity index (χ0n) is 6.00. The topological polar surface area (TPSA) is 0 Å². The smallest absolute Gasteiger partial charge is 0.115 e. The van der Waals surface area contributed by atoms with Crippen LogP contribution in [0.3, 0.4) is 0 Å². The maximum absolute atomic E-state index is 6.64. The van der Waals surface area contributed by atoms with E-state index in [1.54, 1.807) is 6.40 Å². The maximum Gasteiger partial charge on any atom is 0.124 e. The van der Waals surface area contributed by atoms with E-state index in [1.165, 1.54) is 0 Å². The van der Waals surface area contributed by atoms with Crippen LogP contribution in [0.2, 0.25) is 0 Å². The quantitative estimate of drug-likeness (QED) is 0.360. The third-order valence-electron chi connectivity index (χ3n) is 0.0625. The van der Waals surface area contributed by atoms with Crippen molar-refractivity contribution in [2.45, 2.75) is 0 Å². The molecule has 0 aliphatic rings. The molecule has 0 atom stereocenters. The third-order valence-corrected chi connectivity index (χ3v) is 0.0625. The van der Waals surface area contributed by atoms with Gasteiger partial charge in [-0.3, -0.25) is 0 Å². The first kappa shape index (κ1) is 0.440. The molecule has 4 heavy (non-hydrogen) atoms. The Balaban J connectivity index is 4.16. The summed E-state index contributed by atoms with van der Waals surface area (Å²) in [4.78, 5) is 0. The second-order valence-electron chi connectivity index (χ2n) is 0.250. The lowest BCUT2D eigenvalue weighted by atomic mass is 10.7. The van der Waals surface area contributed by atoms with Crippen molar-refractivity contribution in [1.29, 1.82) is 0 Å². The van der Waals surface area contributed by atoms with Gasteiger partial charge in [-0.05, 0) is 6.05 Å². The normalized spacial score (nSPS) is 15.0. The van der Waals surface area contributed by atoms with E-state index in [4.69, 9.17) is 5.48 Å². The Labute approximate surface area is 31.8 Å². The largest absolute Gasteiger partial charge is 0.124 e. The van der Waals surface area contributed by atoms with Crippen LogP contribution in [-0.4, -0.2) is 0 Å². The van der Waals surface area contributed by atoms with E-state index in [0.717, 1.165) is 0 Å². The Bertz CT molecular complexity index is 155. The number of rotatable bonds is 0. The van der Waals surface area contributed by atoms with Gasteiger partial charge in [0.15, 0.2) is 0 Å². The van der Waals surface area contributed by atoms with Gasteiger partial charge in [0.2, 0.25) is 0 Å². The van der Waals surface area contributed by atoms with Crippen molar-refractivity contribution in [3.63, 3.8) is 0 Å². The summed E-state index contributed by atoms with van der Waals surface area (Å²) in [5, 5.41) is 0. The van der Waals surface area contributed by atoms with Gasteiger partial charge in [-0.1, -0.05) is 12.5 Å². The standard InChI is InChI=1S/C4H4/c1-3-4-2/h1,4H,2H2/i1D,2D2,4D. The molecule has 0 rings (SSSR count). The lowest BCUT2D eigenvalue weighted by Crippen LogP contribution is -1.24. The molecule has 0 aromatic rings. The van der Waals surface area contributed by atoms with Crippen molar-refractivity contribution in [2.24, 2.45) is 0 Å². The molecule has 20 valence electrons. The predicted molar refractivity (Wildman–Crippen MR) is 19.0 cm³/mol. The van der Waals surface area contributed by atoms with Crippen LogP contribution in [-0.2, 0) is 0 Å². The van der Waals surface area contributed by atoms with E-state index < -0.39 is 12.6 Å². The van der Waals surface area contributed by atoms with Gasteiger partial charge in [0.1, 0.15) is 1.37 Å². The molecule has 0 nitrogen and oxygen atoms in total. The summed E-state index contributed by atoms with van der Waals surface area (Å²) in [5.74, 6) is 1.93. The van der Waals surface area contributed by atoms with Crippen molar-refractivity contribution in [3.05, 3.63) is 12.6 Å². The molecule has 0 aliphatic carbocycles. The lowest BCUT2D eigenvalue weighted by molar-refractivity contribution is 2.34. The average Bonchev–Trinajstić information content (AvgIpc) is 1.67. The van der Waals surface area contributed by atoms with Gasteiger partial charge in [0.25, 0.3) is 0 Å². The second-order valence-corrected chi connectivity index (χ2v) is 0.250. The highest BCUT2D eigenvalue weighted by Gasteiger charge is 1.26. The Morgan fingerprint density at radius 3 is 4.25 bits per heavy atom. The highest BCUT2D eigenvalue weighted by atomic mass is 13.3. The minimum absolute atomic E-state index is 0.417. The SMILES string of the molecule is [2H]C#CC([2H])=C([2H])[2H]. The highest BCUT2D eigenvalue weighted by Crippen LogP contribution is 1.41. The molecule has 0 heteroatoms. The van der Waals surface area contributed by atoms with Gasteiger partial charge in [-0.15, -0.1) is 6.40 Å². The van der Waals surface area contributed by atoms with Crippen LogP contribution in [0.15, 0.2) is 12.6 Å². The fraction of sp³-hybridized carbons (Fsp3) is 0. The molecule has 0 aromatic heterocycles. The van der Waals surface area contributed by atoms with Crippen molar-refractivity contribution >= 4 is 0 Å². The maximum atomic E-state index is 6.64. The van der Waals surface area contributed by atoms with Crippen molar-refractivity contribution in [3.8, 4) is 12.3 Å². The second kappa shape index (κ2) is 2.30. The van der Waals surface area contributed by atoms with Gasteiger partial charge in [0.05, 0.1) is 4.11 Å². The van der Waals surface area contributed by atoms with Crippen molar-refractivity contribution < 1.29 is 5.48 Å². The summed E-state index contributed by atoms with van der Waals surface area (Å²) < 4.78 is 25.8. The van der Waals surface area contributed by atoms with Gasteiger partial charge in [-0.25, -0.2) is 0 Å². The van der Waals surface area contributed by atoms with Crippen LogP contribution in [0.25, 0.3) is 0 Å². The minimum atomic E-state index is -0.648. The Hall–Kier alpha value is -0.700. The predicted octanol–water partition coefficient (Wildman–Crippen LogP) is 0.806. The lowest BCUT2D eigenvalue weighted by Gasteiger charge is -1.38. The van der Waals surface area contributed by atoms with E-state index in [-0.39, 0.29) is 0 Å². The zero-order valence-corrected chi connectivity index (χ0v) is 2.00.